The van der Waals surface area contributed by atoms with Crippen LogP contribution in [0.3, 0.4) is 0 Å². The molecule has 0 aliphatic carbocycles. The SMILES string of the molecule is O=C([O-])C(O)CO.O=C([O-])C(O)CO.OCC(O)CO.[Zn+2]. The van der Waals surface area contributed by atoms with Crippen molar-refractivity contribution >= 4 is 11.9 Å². The number of carboxylic acid groups (broad SMARTS) is 2. The van der Waals surface area contributed by atoms with Gasteiger partial charge in [0.05, 0.1) is 38.4 Å². The van der Waals surface area contributed by atoms with E-state index in [4.69, 9.17) is 35.7 Å². The van der Waals surface area contributed by atoms with Crippen molar-refractivity contribution in [1.82, 2.24) is 0 Å². The molecular weight excluding hydrogens is 349 g/mol. The van der Waals surface area contributed by atoms with Crippen molar-refractivity contribution < 1.29 is 75.0 Å². The van der Waals surface area contributed by atoms with Gasteiger partial charge in [-0.15, -0.1) is 0 Å². The fraction of sp³-hybridized carbons (Fsp3) is 0.778. The minimum Gasteiger partial charge on any atom is -0.547 e. The van der Waals surface area contributed by atoms with Gasteiger partial charge in [0.25, 0.3) is 0 Å². The summed E-state index contributed by atoms with van der Waals surface area (Å²) in [5.74, 6) is -3.30. The molecule has 0 rings (SSSR count). The standard InChI is InChI=1S/2C3H6O4.C3H8O3.Zn/c2*4-1-2(5)3(6)7;4-1-3(6)2-5;/h2*2,4-5H,1H2,(H,6,7);3-6H,1-2H2;/q;;;+2/p-2. The fourth-order valence-corrected chi connectivity index (χ4v) is 0.207. The Morgan fingerprint density at radius 2 is 0.952 bits per heavy atom. The van der Waals surface area contributed by atoms with Crippen molar-refractivity contribution in [3.8, 4) is 0 Å². The van der Waals surface area contributed by atoms with Gasteiger partial charge in [-0.25, -0.2) is 0 Å². The van der Waals surface area contributed by atoms with Crippen molar-refractivity contribution in [2.75, 3.05) is 26.4 Å². The van der Waals surface area contributed by atoms with E-state index in [0.29, 0.717) is 0 Å². The van der Waals surface area contributed by atoms with Gasteiger partial charge in [-0.1, -0.05) is 0 Å². The van der Waals surface area contributed by atoms with E-state index in [0.717, 1.165) is 0 Å². The van der Waals surface area contributed by atoms with Gasteiger partial charge >= 0.3 is 19.5 Å². The number of aliphatic hydroxyl groups is 7. The van der Waals surface area contributed by atoms with Crippen LogP contribution in [-0.4, -0.2) is 92.4 Å². The average Bonchev–Trinajstić information content (AvgIpc) is 2.45. The van der Waals surface area contributed by atoms with E-state index < -0.39 is 43.5 Å². The van der Waals surface area contributed by atoms with Crippen LogP contribution in [0.5, 0.6) is 0 Å². The largest absolute Gasteiger partial charge is 2.00 e. The van der Waals surface area contributed by atoms with Gasteiger partial charge < -0.3 is 55.5 Å². The third-order valence-corrected chi connectivity index (χ3v) is 1.31. The molecule has 0 bridgehead atoms. The van der Waals surface area contributed by atoms with Crippen LogP contribution < -0.4 is 10.2 Å². The zero-order chi connectivity index (χ0) is 16.7. The third-order valence-electron chi connectivity index (χ3n) is 1.31. The molecule has 21 heavy (non-hydrogen) atoms. The molecule has 0 aromatic carbocycles. The fourth-order valence-electron chi connectivity index (χ4n) is 0.207. The van der Waals surface area contributed by atoms with Crippen molar-refractivity contribution in [3.63, 3.8) is 0 Å². The molecular formula is C9H18O11Zn. The topological polar surface area (TPSA) is 222 Å². The van der Waals surface area contributed by atoms with E-state index >= 15 is 0 Å². The summed E-state index contributed by atoms with van der Waals surface area (Å²) < 4.78 is 0. The van der Waals surface area contributed by atoms with Crippen LogP contribution in [0.15, 0.2) is 0 Å². The van der Waals surface area contributed by atoms with Crippen molar-refractivity contribution in [2.45, 2.75) is 18.3 Å². The van der Waals surface area contributed by atoms with Crippen LogP contribution in [0.1, 0.15) is 0 Å². The van der Waals surface area contributed by atoms with Crippen LogP contribution in [0, 0.1) is 0 Å². The minimum atomic E-state index is -1.74. The van der Waals surface area contributed by atoms with Crippen molar-refractivity contribution in [1.29, 1.82) is 0 Å². The number of carboxylic acids is 2. The number of carbonyl (C=O) groups is 2. The first kappa shape index (κ1) is 28.4. The smallest absolute Gasteiger partial charge is 0.547 e. The van der Waals surface area contributed by atoms with E-state index in [1.165, 1.54) is 0 Å². The summed E-state index contributed by atoms with van der Waals surface area (Å²) in [6, 6.07) is 0. The molecule has 0 saturated carbocycles. The molecule has 0 aromatic heterocycles. The molecule has 122 valence electrons. The Morgan fingerprint density at radius 1 is 0.714 bits per heavy atom. The Kier molecular flexibility index (Phi) is 26.1. The normalized spacial score (nSPS) is 11.8. The van der Waals surface area contributed by atoms with Gasteiger partial charge in [-0.05, 0) is 0 Å². The maximum Gasteiger partial charge on any atom is 2.00 e. The summed E-state index contributed by atoms with van der Waals surface area (Å²) in [5.41, 5.74) is 0. The number of aliphatic hydroxyl groups excluding tert-OH is 7. The van der Waals surface area contributed by atoms with Gasteiger partial charge in [-0.2, -0.15) is 0 Å². The van der Waals surface area contributed by atoms with E-state index in [1.54, 1.807) is 0 Å². The van der Waals surface area contributed by atoms with Crippen LogP contribution in [0.4, 0.5) is 0 Å². The van der Waals surface area contributed by atoms with Crippen molar-refractivity contribution in [3.05, 3.63) is 0 Å². The Labute approximate surface area is 132 Å². The van der Waals surface area contributed by atoms with E-state index in [-0.39, 0.29) is 32.7 Å². The zero-order valence-corrected chi connectivity index (χ0v) is 14.0. The van der Waals surface area contributed by atoms with Crippen LogP contribution in [0.25, 0.3) is 0 Å². The summed E-state index contributed by atoms with van der Waals surface area (Å²) in [6.07, 6.45) is -4.43. The minimum absolute atomic E-state index is 0. The number of carbonyl (C=O) groups excluding carboxylic acids is 2. The predicted molar refractivity (Wildman–Crippen MR) is 56.4 cm³/mol. The maximum atomic E-state index is 9.41. The second-order valence-electron chi connectivity index (χ2n) is 3.05. The molecule has 0 aliphatic rings. The van der Waals surface area contributed by atoms with E-state index in [2.05, 4.69) is 0 Å². The summed E-state index contributed by atoms with van der Waals surface area (Å²) >= 11 is 0. The summed E-state index contributed by atoms with van der Waals surface area (Å²) in [5, 5.41) is 74.5. The van der Waals surface area contributed by atoms with Gasteiger partial charge in [-0.3, -0.25) is 0 Å². The third kappa shape index (κ3) is 24.7. The monoisotopic (exact) mass is 366 g/mol. The summed E-state index contributed by atoms with van der Waals surface area (Å²) in [4.78, 5) is 18.8. The quantitative estimate of drug-likeness (QED) is 0.218. The van der Waals surface area contributed by atoms with Gasteiger partial charge in [0.15, 0.2) is 0 Å². The number of hydrogen-bond acceptors (Lipinski definition) is 11. The molecule has 2 atom stereocenters. The second kappa shape index (κ2) is 19.3. The first-order valence-corrected chi connectivity index (χ1v) is 5.07. The summed E-state index contributed by atoms with van der Waals surface area (Å²) in [6.45, 7) is -2.31. The molecule has 0 radical (unpaired) electrons. The second-order valence-corrected chi connectivity index (χ2v) is 3.05. The van der Waals surface area contributed by atoms with Crippen LogP contribution in [0.2, 0.25) is 0 Å². The van der Waals surface area contributed by atoms with Gasteiger partial charge in [0.1, 0.15) is 18.3 Å². The molecule has 0 fully saturated rings. The number of aliphatic carboxylic acids is 2. The number of hydrogen-bond donors (Lipinski definition) is 7. The molecule has 0 spiro atoms. The predicted octanol–water partition coefficient (Wildman–Crippen LogP) is -7.49. The molecule has 2 unspecified atom stereocenters. The molecule has 11 nitrogen and oxygen atoms in total. The summed E-state index contributed by atoms with van der Waals surface area (Å²) in [7, 11) is 0. The molecule has 12 heteroatoms. The first-order valence-electron chi connectivity index (χ1n) is 5.07. The first-order chi connectivity index (χ1) is 9.17. The van der Waals surface area contributed by atoms with Crippen LogP contribution in [-0.2, 0) is 29.1 Å². The average molecular weight is 368 g/mol. The zero-order valence-electron chi connectivity index (χ0n) is 11.0. The Morgan fingerprint density at radius 3 is 0.952 bits per heavy atom. The Bertz CT molecular complexity index is 226. The molecule has 0 aliphatic heterocycles. The van der Waals surface area contributed by atoms with Crippen LogP contribution >= 0.6 is 0 Å². The molecule has 7 N–H and O–H groups in total. The van der Waals surface area contributed by atoms with Gasteiger partial charge in [0, 0.05) is 0 Å². The molecule has 0 saturated heterocycles. The van der Waals surface area contributed by atoms with Gasteiger partial charge in [0.2, 0.25) is 0 Å². The molecule has 0 heterocycles. The van der Waals surface area contributed by atoms with E-state index in [9.17, 15) is 19.8 Å². The Balaban J connectivity index is -0.000000101. The molecule has 0 aromatic rings. The number of rotatable bonds is 6. The Hall–Kier alpha value is -0.717. The van der Waals surface area contributed by atoms with Crippen molar-refractivity contribution in [2.24, 2.45) is 0 Å². The molecule has 0 amide bonds. The van der Waals surface area contributed by atoms with E-state index in [1.807, 2.05) is 0 Å². The maximum absolute atomic E-state index is 9.41.